The number of para-hydroxylation sites is 1. The molecule has 2 heterocycles. The van der Waals surface area contributed by atoms with Crippen molar-refractivity contribution >= 4 is 11.1 Å². The lowest BCUT2D eigenvalue weighted by Gasteiger charge is -2.22. The average Bonchev–Trinajstić information content (AvgIpc) is 2.70. The van der Waals surface area contributed by atoms with Crippen molar-refractivity contribution in [1.29, 1.82) is 0 Å². The van der Waals surface area contributed by atoms with Gasteiger partial charge in [-0.15, -0.1) is 0 Å². The molecule has 0 aliphatic carbocycles. The summed E-state index contributed by atoms with van der Waals surface area (Å²) in [5, 5.41) is 3.34. The second kappa shape index (κ2) is 3.79. The summed E-state index contributed by atoms with van der Waals surface area (Å²) in [6.07, 6.45) is 2.21. The Morgan fingerprint density at radius 1 is 1.25 bits per heavy atom. The number of oxazole rings is 1. The molecule has 3 rings (SSSR count). The second-order valence-corrected chi connectivity index (χ2v) is 4.26. The van der Waals surface area contributed by atoms with Gasteiger partial charge in [0.15, 0.2) is 5.58 Å². The molecule has 0 saturated carbocycles. The van der Waals surface area contributed by atoms with Crippen molar-refractivity contribution in [2.75, 3.05) is 13.1 Å². The van der Waals surface area contributed by atoms with E-state index in [-0.39, 0.29) is 5.76 Å². The van der Waals surface area contributed by atoms with Crippen molar-refractivity contribution in [3.8, 4) is 0 Å². The fourth-order valence-corrected chi connectivity index (χ4v) is 2.45. The highest BCUT2D eigenvalue weighted by Gasteiger charge is 2.19. The Labute approximate surface area is 92.7 Å². The first kappa shape index (κ1) is 9.66. The van der Waals surface area contributed by atoms with E-state index in [0.29, 0.717) is 5.92 Å². The SMILES string of the molecule is O=c1[nH]c2cccc(C3CCNCC3)c2o1. The van der Waals surface area contributed by atoms with Crippen LogP contribution in [0.5, 0.6) is 0 Å². The summed E-state index contributed by atoms with van der Waals surface area (Å²) >= 11 is 0. The molecule has 1 aromatic carbocycles. The van der Waals surface area contributed by atoms with E-state index in [9.17, 15) is 4.79 Å². The number of rotatable bonds is 1. The first-order valence-corrected chi connectivity index (χ1v) is 5.67. The third-order valence-electron chi connectivity index (χ3n) is 3.26. The molecule has 4 heteroatoms. The summed E-state index contributed by atoms with van der Waals surface area (Å²) < 4.78 is 5.22. The Kier molecular flexibility index (Phi) is 2.29. The van der Waals surface area contributed by atoms with E-state index in [2.05, 4.69) is 16.4 Å². The number of aromatic amines is 1. The maximum absolute atomic E-state index is 11.2. The highest BCUT2D eigenvalue weighted by Crippen LogP contribution is 2.30. The average molecular weight is 218 g/mol. The minimum atomic E-state index is -0.364. The molecule has 1 aliphatic rings. The van der Waals surface area contributed by atoms with Gasteiger partial charge in [-0.3, -0.25) is 4.98 Å². The van der Waals surface area contributed by atoms with Crippen LogP contribution in [-0.2, 0) is 0 Å². The standard InChI is InChI=1S/C12H14N2O2/c15-12-14-10-3-1-2-9(11(10)16-12)8-4-6-13-7-5-8/h1-3,8,13H,4-7H2,(H,14,15). The molecule has 16 heavy (non-hydrogen) atoms. The van der Waals surface area contributed by atoms with Gasteiger partial charge >= 0.3 is 5.76 Å². The van der Waals surface area contributed by atoms with Crippen LogP contribution in [0.2, 0.25) is 0 Å². The van der Waals surface area contributed by atoms with Gasteiger partial charge in [0.05, 0.1) is 5.52 Å². The number of H-pyrrole nitrogens is 1. The molecule has 2 aromatic rings. The molecule has 0 atom stereocenters. The van der Waals surface area contributed by atoms with E-state index in [0.717, 1.165) is 42.6 Å². The third kappa shape index (κ3) is 1.55. The van der Waals surface area contributed by atoms with Crippen molar-refractivity contribution in [2.24, 2.45) is 0 Å². The maximum atomic E-state index is 11.2. The molecule has 0 radical (unpaired) electrons. The first-order chi connectivity index (χ1) is 7.84. The van der Waals surface area contributed by atoms with Crippen molar-refractivity contribution in [3.63, 3.8) is 0 Å². The largest absolute Gasteiger partial charge is 0.417 e. The molecule has 0 amide bonds. The summed E-state index contributed by atoms with van der Waals surface area (Å²) in [5.74, 6) is 0.139. The van der Waals surface area contributed by atoms with Gasteiger partial charge in [-0.2, -0.15) is 0 Å². The van der Waals surface area contributed by atoms with Gasteiger partial charge in [0.2, 0.25) is 0 Å². The zero-order valence-electron chi connectivity index (χ0n) is 8.95. The van der Waals surface area contributed by atoms with E-state index in [1.54, 1.807) is 0 Å². The van der Waals surface area contributed by atoms with Crippen molar-refractivity contribution in [3.05, 3.63) is 34.3 Å². The molecule has 1 aliphatic heterocycles. The zero-order valence-corrected chi connectivity index (χ0v) is 8.95. The van der Waals surface area contributed by atoms with Crippen LogP contribution in [0.25, 0.3) is 11.1 Å². The minimum Gasteiger partial charge on any atom is -0.408 e. The van der Waals surface area contributed by atoms with Gasteiger partial charge < -0.3 is 9.73 Å². The number of piperidine rings is 1. The van der Waals surface area contributed by atoms with Crippen LogP contribution < -0.4 is 11.1 Å². The Bertz CT molecular complexity index is 549. The predicted octanol–water partition coefficient (Wildman–Crippen LogP) is 1.59. The molecule has 1 fully saturated rings. The second-order valence-electron chi connectivity index (χ2n) is 4.26. The van der Waals surface area contributed by atoms with Gasteiger partial charge in [-0.05, 0) is 37.9 Å². The van der Waals surface area contributed by atoms with Gasteiger partial charge in [-0.1, -0.05) is 12.1 Å². The predicted molar refractivity (Wildman–Crippen MR) is 61.7 cm³/mol. The highest BCUT2D eigenvalue weighted by molar-refractivity contribution is 5.76. The van der Waals surface area contributed by atoms with Gasteiger partial charge in [0.1, 0.15) is 0 Å². The Morgan fingerprint density at radius 3 is 2.88 bits per heavy atom. The van der Waals surface area contributed by atoms with Crippen LogP contribution in [0.15, 0.2) is 27.4 Å². The molecule has 2 N–H and O–H groups in total. The number of hydrogen-bond acceptors (Lipinski definition) is 3. The molecule has 4 nitrogen and oxygen atoms in total. The number of fused-ring (bicyclic) bond motifs is 1. The maximum Gasteiger partial charge on any atom is 0.417 e. The van der Waals surface area contributed by atoms with Crippen LogP contribution in [-0.4, -0.2) is 18.1 Å². The summed E-state index contributed by atoms with van der Waals surface area (Å²) in [5.41, 5.74) is 2.71. The van der Waals surface area contributed by atoms with Crippen molar-refractivity contribution < 1.29 is 4.42 Å². The topological polar surface area (TPSA) is 58.0 Å². The molecule has 1 saturated heterocycles. The molecular formula is C12H14N2O2. The summed E-state index contributed by atoms with van der Waals surface area (Å²) in [4.78, 5) is 13.9. The van der Waals surface area contributed by atoms with Gasteiger partial charge in [0.25, 0.3) is 0 Å². The van der Waals surface area contributed by atoms with Crippen LogP contribution in [0.4, 0.5) is 0 Å². The summed E-state index contributed by atoms with van der Waals surface area (Å²) in [6, 6.07) is 5.92. The molecule has 84 valence electrons. The Morgan fingerprint density at radius 2 is 2.06 bits per heavy atom. The fraction of sp³-hybridized carbons (Fsp3) is 0.417. The van der Waals surface area contributed by atoms with E-state index >= 15 is 0 Å². The lowest BCUT2D eigenvalue weighted by Crippen LogP contribution is -2.26. The van der Waals surface area contributed by atoms with E-state index < -0.39 is 0 Å². The quantitative estimate of drug-likeness (QED) is 0.764. The van der Waals surface area contributed by atoms with E-state index in [1.165, 1.54) is 0 Å². The van der Waals surface area contributed by atoms with Crippen LogP contribution in [0.3, 0.4) is 0 Å². The number of hydrogen-bond donors (Lipinski definition) is 2. The molecule has 1 aromatic heterocycles. The zero-order chi connectivity index (χ0) is 11.0. The number of nitrogens with one attached hydrogen (secondary N) is 2. The Balaban J connectivity index is 2.11. The summed E-state index contributed by atoms with van der Waals surface area (Å²) in [7, 11) is 0. The molecule has 0 spiro atoms. The van der Waals surface area contributed by atoms with Crippen LogP contribution >= 0.6 is 0 Å². The highest BCUT2D eigenvalue weighted by atomic mass is 16.4. The van der Waals surface area contributed by atoms with E-state index in [4.69, 9.17) is 4.42 Å². The molecule has 0 unspecified atom stereocenters. The van der Waals surface area contributed by atoms with Crippen molar-refractivity contribution in [2.45, 2.75) is 18.8 Å². The van der Waals surface area contributed by atoms with Crippen LogP contribution in [0, 0.1) is 0 Å². The summed E-state index contributed by atoms with van der Waals surface area (Å²) in [6.45, 7) is 2.07. The fourth-order valence-electron chi connectivity index (χ4n) is 2.45. The van der Waals surface area contributed by atoms with Crippen molar-refractivity contribution in [1.82, 2.24) is 10.3 Å². The van der Waals surface area contributed by atoms with E-state index in [1.807, 2.05) is 12.1 Å². The third-order valence-corrected chi connectivity index (χ3v) is 3.26. The lowest BCUT2D eigenvalue weighted by molar-refractivity contribution is 0.455. The number of aromatic nitrogens is 1. The minimum absolute atomic E-state index is 0.364. The lowest BCUT2D eigenvalue weighted by atomic mass is 9.90. The van der Waals surface area contributed by atoms with Gasteiger partial charge in [0, 0.05) is 5.56 Å². The number of benzene rings is 1. The smallest absolute Gasteiger partial charge is 0.408 e. The molecular weight excluding hydrogens is 204 g/mol. The van der Waals surface area contributed by atoms with Crippen LogP contribution in [0.1, 0.15) is 24.3 Å². The Hall–Kier alpha value is -1.55. The van der Waals surface area contributed by atoms with Gasteiger partial charge in [-0.25, -0.2) is 4.79 Å². The molecule has 0 bridgehead atoms. The monoisotopic (exact) mass is 218 g/mol. The normalized spacial score (nSPS) is 18.0. The first-order valence-electron chi connectivity index (χ1n) is 5.67.